The zero-order valence-electron chi connectivity index (χ0n) is 20.8. The maximum absolute atomic E-state index is 13.5. The fraction of sp³-hybridized carbons (Fsp3) is 0.269. The van der Waals surface area contributed by atoms with Crippen molar-refractivity contribution in [3.8, 4) is 11.5 Å². The first-order chi connectivity index (χ1) is 18.7. The van der Waals surface area contributed by atoms with Crippen molar-refractivity contribution in [1.82, 2.24) is 4.98 Å². The highest BCUT2D eigenvalue weighted by Crippen LogP contribution is 2.36. The molecule has 13 heteroatoms. The van der Waals surface area contributed by atoms with E-state index in [1.54, 1.807) is 12.1 Å². The van der Waals surface area contributed by atoms with E-state index in [4.69, 9.17) is 9.47 Å². The molecule has 0 radical (unpaired) electrons. The summed E-state index contributed by atoms with van der Waals surface area (Å²) in [6.45, 7) is -1.14. The zero-order valence-corrected chi connectivity index (χ0v) is 21.6. The second-order valence-corrected chi connectivity index (χ2v) is 10.5. The number of nitrogens with zero attached hydrogens (tertiary/aromatic N) is 2. The topological polar surface area (TPSA) is 124 Å². The monoisotopic (exact) mass is 561 g/mol. The van der Waals surface area contributed by atoms with E-state index in [2.05, 4.69) is 15.0 Å². The minimum Gasteiger partial charge on any atom is -0.484 e. The van der Waals surface area contributed by atoms with Crippen molar-refractivity contribution < 1.29 is 41.0 Å². The Kier molecular flexibility index (Phi) is 8.72. The third kappa shape index (κ3) is 6.86. The van der Waals surface area contributed by atoms with Crippen molar-refractivity contribution >= 4 is 33.2 Å². The molecule has 206 valence electrons. The molecule has 0 saturated carbocycles. The number of amides is 2. The van der Waals surface area contributed by atoms with E-state index in [1.165, 1.54) is 55.7 Å². The molecule has 1 fully saturated rings. The van der Waals surface area contributed by atoms with Crippen LogP contribution in [0.25, 0.3) is 0 Å². The van der Waals surface area contributed by atoms with Gasteiger partial charge in [-0.1, -0.05) is 0 Å². The number of nitrogens with one attached hydrogen (secondary N) is 1. The molecule has 3 aromatic rings. The number of rotatable bonds is 10. The van der Waals surface area contributed by atoms with Gasteiger partial charge in [0, 0.05) is 36.1 Å². The molecule has 1 atom stereocenters. The second kappa shape index (κ2) is 12.2. The van der Waals surface area contributed by atoms with Crippen molar-refractivity contribution in [2.45, 2.75) is 26.1 Å². The molecule has 2 amide bonds. The number of pyridine rings is 1. The molecule has 10 nitrogen and oxygen atoms in total. The summed E-state index contributed by atoms with van der Waals surface area (Å²) < 4.78 is 68.2. The highest BCUT2D eigenvalue weighted by molar-refractivity contribution is 7.93. The molecule has 39 heavy (non-hydrogen) atoms. The van der Waals surface area contributed by atoms with Gasteiger partial charge < -0.3 is 19.5 Å². The number of alkyl halides is 2. The third-order valence-electron chi connectivity index (χ3n) is 5.70. The number of ether oxygens (including phenoxy) is 3. The number of benzene rings is 2. The van der Waals surface area contributed by atoms with E-state index in [0.717, 1.165) is 6.07 Å². The Morgan fingerprint density at radius 1 is 1.13 bits per heavy atom. The molecule has 4 rings (SSSR count). The van der Waals surface area contributed by atoms with Crippen LogP contribution in [-0.2, 0) is 14.8 Å². The second-order valence-electron chi connectivity index (χ2n) is 8.36. The summed E-state index contributed by atoms with van der Waals surface area (Å²) in [6, 6.07) is 12.3. The predicted molar refractivity (Wildman–Crippen MR) is 138 cm³/mol. The van der Waals surface area contributed by atoms with E-state index in [9.17, 15) is 26.8 Å². The van der Waals surface area contributed by atoms with E-state index in [0.29, 0.717) is 28.6 Å². The first-order valence-corrected chi connectivity index (χ1v) is 13.5. The number of sulfonamides is 1. The van der Waals surface area contributed by atoms with Crippen LogP contribution in [0.4, 0.5) is 20.2 Å². The number of anilines is 2. The predicted octanol–water partition coefficient (Wildman–Crippen LogP) is 4.10. The SMILES string of the molecule is CCS(=O)(=O)N(C(=O)c1ccc(NC(=O)c2cccnc2)cc1)c1ccc(OC(F)F)c(O[C@@H]2CCOC2)c1. The molecule has 0 spiro atoms. The Balaban J connectivity index is 1.63. The number of carbonyl (C=O) groups excluding carboxylic acids is 2. The van der Waals surface area contributed by atoms with Gasteiger partial charge in [-0.2, -0.15) is 8.78 Å². The van der Waals surface area contributed by atoms with Gasteiger partial charge in [-0.15, -0.1) is 0 Å². The van der Waals surface area contributed by atoms with Crippen molar-refractivity contribution in [1.29, 1.82) is 0 Å². The summed E-state index contributed by atoms with van der Waals surface area (Å²) in [5, 5.41) is 2.67. The zero-order chi connectivity index (χ0) is 28.0. The maximum atomic E-state index is 13.5. The Morgan fingerprint density at radius 3 is 2.51 bits per heavy atom. The van der Waals surface area contributed by atoms with Gasteiger partial charge in [0.2, 0.25) is 10.0 Å². The van der Waals surface area contributed by atoms with E-state index in [1.807, 2.05) is 0 Å². The number of carbonyl (C=O) groups is 2. The van der Waals surface area contributed by atoms with Crippen molar-refractivity contribution in [2.75, 3.05) is 28.6 Å². The molecule has 0 aliphatic carbocycles. The van der Waals surface area contributed by atoms with Crippen LogP contribution in [0.2, 0.25) is 0 Å². The molecule has 1 aromatic heterocycles. The normalized spacial score (nSPS) is 15.1. The quantitative estimate of drug-likeness (QED) is 0.393. The van der Waals surface area contributed by atoms with Crippen LogP contribution in [0.15, 0.2) is 67.0 Å². The summed E-state index contributed by atoms with van der Waals surface area (Å²) in [5.41, 5.74) is 0.588. The molecule has 1 saturated heterocycles. The average Bonchev–Trinajstić information content (AvgIpc) is 3.44. The standard InChI is InChI=1S/C26H25F2N3O7S/c1-2-39(34,35)31(20-9-10-22(38-26(27)28)23(14-20)37-21-11-13-36-16-21)25(33)17-5-7-19(8-6-17)30-24(32)18-4-3-12-29-15-18/h3-10,12,14-15,21,26H,2,11,13,16H2,1H3,(H,30,32)/t21-/m1/s1. The van der Waals surface area contributed by atoms with E-state index >= 15 is 0 Å². The lowest BCUT2D eigenvalue weighted by Gasteiger charge is -2.24. The fourth-order valence-electron chi connectivity index (χ4n) is 3.74. The number of aromatic nitrogens is 1. The molecule has 0 unspecified atom stereocenters. The van der Waals surface area contributed by atoms with E-state index in [-0.39, 0.29) is 29.4 Å². The molecular formula is C26H25F2N3O7S. The van der Waals surface area contributed by atoms with Gasteiger partial charge in [-0.3, -0.25) is 14.6 Å². The molecule has 1 N–H and O–H groups in total. The van der Waals surface area contributed by atoms with Gasteiger partial charge in [0.05, 0.1) is 30.2 Å². The maximum Gasteiger partial charge on any atom is 0.387 e. The lowest BCUT2D eigenvalue weighted by Crippen LogP contribution is -2.38. The number of halogens is 2. The fourth-order valence-corrected chi connectivity index (χ4v) is 4.79. The van der Waals surface area contributed by atoms with Crippen molar-refractivity contribution in [2.24, 2.45) is 0 Å². The van der Waals surface area contributed by atoms with E-state index < -0.39 is 40.3 Å². The van der Waals surface area contributed by atoms with Crippen LogP contribution >= 0.6 is 0 Å². The summed E-state index contributed by atoms with van der Waals surface area (Å²) in [5.74, 6) is -2.18. The highest BCUT2D eigenvalue weighted by atomic mass is 32.2. The van der Waals surface area contributed by atoms with Crippen LogP contribution in [0.1, 0.15) is 34.1 Å². The van der Waals surface area contributed by atoms with Gasteiger partial charge in [-0.25, -0.2) is 12.7 Å². The molecule has 2 aromatic carbocycles. The number of hydrogen-bond acceptors (Lipinski definition) is 8. The van der Waals surface area contributed by atoms with Gasteiger partial charge in [0.25, 0.3) is 11.8 Å². The third-order valence-corrected chi connectivity index (χ3v) is 7.36. The van der Waals surface area contributed by atoms with Crippen LogP contribution in [-0.4, -0.2) is 56.9 Å². The summed E-state index contributed by atoms with van der Waals surface area (Å²) >= 11 is 0. The average molecular weight is 562 g/mol. The first-order valence-electron chi connectivity index (χ1n) is 11.9. The lowest BCUT2D eigenvalue weighted by atomic mass is 10.1. The summed E-state index contributed by atoms with van der Waals surface area (Å²) in [7, 11) is -4.17. The Labute approximate surface area is 223 Å². The summed E-state index contributed by atoms with van der Waals surface area (Å²) in [4.78, 5) is 29.7. The molecule has 1 aliphatic heterocycles. The smallest absolute Gasteiger partial charge is 0.387 e. The van der Waals surface area contributed by atoms with Crippen LogP contribution in [0, 0.1) is 0 Å². The lowest BCUT2D eigenvalue weighted by molar-refractivity contribution is -0.0521. The number of hydrogen-bond donors (Lipinski definition) is 1. The highest BCUT2D eigenvalue weighted by Gasteiger charge is 2.31. The minimum atomic E-state index is -4.17. The van der Waals surface area contributed by atoms with Crippen molar-refractivity contribution in [3.05, 3.63) is 78.1 Å². The van der Waals surface area contributed by atoms with Gasteiger partial charge in [0.15, 0.2) is 11.5 Å². The largest absolute Gasteiger partial charge is 0.484 e. The minimum absolute atomic E-state index is 0.00553. The Morgan fingerprint density at radius 2 is 1.90 bits per heavy atom. The van der Waals surface area contributed by atoms with Crippen LogP contribution in [0.3, 0.4) is 0 Å². The molecule has 1 aliphatic rings. The molecule has 0 bridgehead atoms. The Bertz CT molecular complexity index is 1420. The Hall–Kier alpha value is -4.10. The van der Waals surface area contributed by atoms with Crippen LogP contribution < -0.4 is 19.1 Å². The van der Waals surface area contributed by atoms with Gasteiger partial charge in [0.1, 0.15) is 6.10 Å². The molecular weight excluding hydrogens is 536 g/mol. The van der Waals surface area contributed by atoms with Crippen LogP contribution in [0.5, 0.6) is 11.5 Å². The van der Waals surface area contributed by atoms with Gasteiger partial charge in [-0.05, 0) is 55.5 Å². The first kappa shape index (κ1) is 27.9. The van der Waals surface area contributed by atoms with Crippen molar-refractivity contribution in [3.63, 3.8) is 0 Å². The summed E-state index contributed by atoms with van der Waals surface area (Å²) in [6.07, 6.45) is 2.97. The molecule has 2 heterocycles. The van der Waals surface area contributed by atoms with Gasteiger partial charge >= 0.3 is 6.61 Å².